The zero-order chi connectivity index (χ0) is 19.1. The van der Waals surface area contributed by atoms with Crippen LogP contribution in [0.1, 0.15) is 26.3 Å². The van der Waals surface area contributed by atoms with Gasteiger partial charge in [0.15, 0.2) is 5.96 Å². The Morgan fingerprint density at radius 1 is 1.26 bits per heavy atom. The minimum absolute atomic E-state index is 0.152. The number of guanidine groups is 1. The Morgan fingerprint density at radius 3 is 2.89 bits per heavy atom. The molecule has 2 unspecified atom stereocenters. The molecule has 1 aromatic carbocycles. The van der Waals surface area contributed by atoms with Crippen molar-refractivity contribution in [3.63, 3.8) is 0 Å². The zero-order valence-corrected chi connectivity index (χ0v) is 16.9. The van der Waals surface area contributed by atoms with Crippen molar-refractivity contribution in [1.82, 2.24) is 15.5 Å². The molecular weight excluding hydrogens is 340 g/mol. The molecule has 2 N–H and O–H groups in total. The molecule has 1 aromatic rings. The molecule has 27 heavy (non-hydrogen) atoms. The Morgan fingerprint density at radius 2 is 2.11 bits per heavy atom. The zero-order valence-electron chi connectivity index (χ0n) is 16.9. The lowest BCUT2D eigenvalue weighted by Crippen LogP contribution is -2.46. The first-order chi connectivity index (χ1) is 13.1. The largest absolute Gasteiger partial charge is 0.488 e. The van der Waals surface area contributed by atoms with E-state index in [9.17, 15) is 0 Å². The molecule has 0 aromatic heterocycles. The monoisotopic (exact) mass is 374 g/mol. The molecule has 0 amide bonds. The van der Waals surface area contributed by atoms with E-state index in [1.54, 1.807) is 0 Å². The van der Waals surface area contributed by atoms with Crippen molar-refractivity contribution >= 4 is 5.96 Å². The maximum absolute atomic E-state index is 6.00. The molecule has 6 nitrogen and oxygen atoms in total. The fourth-order valence-corrected chi connectivity index (χ4v) is 3.69. The molecule has 2 heterocycles. The normalized spacial score (nSPS) is 23.2. The van der Waals surface area contributed by atoms with Crippen molar-refractivity contribution in [2.45, 2.75) is 39.4 Å². The Hall–Kier alpha value is -1.79. The average Bonchev–Trinajstić information content (AvgIpc) is 3.07. The van der Waals surface area contributed by atoms with Gasteiger partial charge in [-0.25, -0.2) is 0 Å². The summed E-state index contributed by atoms with van der Waals surface area (Å²) in [5, 5.41) is 6.75. The molecule has 0 saturated carbocycles. The highest BCUT2D eigenvalue weighted by Crippen LogP contribution is 2.27. The van der Waals surface area contributed by atoms with E-state index in [0.717, 1.165) is 57.5 Å². The number of benzene rings is 1. The van der Waals surface area contributed by atoms with Gasteiger partial charge in [0.2, 0.25) is 0 Å². The van der Waals surface area contributed by atoms with E-state index in [1.165, 1.54) is 5.56 Å². The predicted molar refractivity (Wildman–Crippen MR) is 110 cm³/mol. The lowest BCUT2D eigenvalue weighted by atomic mass is 10.1. The number of nitrogens with one attached hydrogen (secondary N) is 2. The van der Waals surface area contributed by atoms with Gasteiger partial charge in [0, 0.05) is 32.6 Å². The first-order valence-electron chi connectivity index (χ1n) is 10.2. The van der Waals surface area contributed by atoms with Crippen LogP contribution < -0.4 is 15.4 Å². The molecule has 2 aliphatic rings. The van der Waals surface area contributed by atoms with Crippen molar-refractivity contribution in [1.29, 1.82) is 0 Å². The molecule has 0 bridgehead atoms. The number of nitrogens with zero attached hydrogens (tertiary/aromatic N) is 2. The Kier molecular flexibility index (Phi) is 7.35. The predicted octanol–water partition coefficient (Wildman–Crippen LogP) is 1.90. The standard InChI is InChI=1S/C21H34N4O2/c1-4-22-21(23-12-18-11-17-7-5-6-8-20(17)27-18)24-13-19-15-25(9-10-26-19)14-16(2)3/h5-8,16,18-19H,4,9-15H2,1-3H3,(H2,22,23,24). The van der Waals surface area contributed by atoms with Gasteiger partial charge in [-0.3, -0.25) is 9.89 Å². The summed E-state index contributed by atoms with van der Waals surface area (Å²) in [5.41, 5.74) is 1.28. The Balaban J connectivity index is 1.47. The van der Waals surface area contributed by atoms with E-state index in [-0.39, 0.29) is 12.2 Å². The number of hydrogen-bond donors (Lipinski definition) is 2. The van der Waals surface area contributed by atoms with Crippen LogP contribution in [0.4, 0.5) is 0 Å². The smallest absolute Gasteiger partial charge is 0.191 e. The highest BCUT2D eigenvalue weighted by molar-refractivity contribution is 5.79. The second-order valence-corrected chi connectivity index (χ2v) is 7.80. The molecule has 0 radical (unpaired) electrons. The highest BCUT2D eigenvalue weighted by atomic mass is 16.5. The van der Waals surface area contributed by atoms with Crippen molar-refractivity contribution in [2.24, 2.45) is 10.9 Å². The van der Waals surface area contributed by atoms with Crippen LogP contribution in [-0.2, 0) is 11.2 Å². The molecule has 6 heteroatoms. The second kappa shape index (κ2) is 9.95. The fraction of sp³-hybridized carbons (Fsp3) is 0.667. The lowest BCUT2D eigenvalue weighted by Gasteiger charge is -2.33. The van der Waals surface area contributed by atoms with Crippen LogP contribution in [0.25, 0.3) is 0 Å². The van der Waals surface area contributed by atoms with Crippen LogP contribution >= 0.6 is 0 Å². The molecule has 1 fully saturated rings. The maximum Gasteiger partial charge on any atom is 0.191 e. The summed E-state index contributed by atoms with van der Waals surface area (Å²) >= 11 is 0. The van der Waals surface area contributed by atoms with E-state index in [1.807, 2.05) is 12.1 Å². The quantitative estimate of drug-likeness (QED) is 0.564. The average molecular weight is 375 g/mol. The van der Waals surface area contributed by atoms with Crippen LogP contribution in [0, 0.1) is 5.92 Å². The molecular formula is C21H34N4O2. The Bertz CT molecular complexity index is 595. The molecule has 2 atom stereocenters. The number of fused-ring (bicyclic) bond motifs is 1. The Labute approximate surface area is 163 Å². The number of morpholine rings is 1. The van der Waals surface area contributed by atoms with Gasteiger partial charge >= 0.3 is 0 Å². The third-order valence-electron chi connectivity index (χ3n) is 4.85. The summed E-state index contributed by atoms with van der Waals surface area (Å²) in [5.74, 6) is 2.52. The van der Waals surface area contributed by atoms with Gasteiger partial charge in [0.1, 0.15) is 11.9 Å². The van der Waals surface area contributed by atoms with Crippen molar-refractivity contribution < 1.29 is 9.47 Å². The van der Waals surface area contributed by atoms with Gasteiger partial charge in [-0.2, -0.15) is 0 Å². The third-order valence-corrected chi connectivity index (χ3v) is 4.85. The number of aliphatic imine (C=N–C) groups is 1. The molecule has 150 valence electrons. The summed E-state index contributed by atoms with van der Waals surface area (Å²) in [4.78, 5) is 7.23. The molecule has 0 aliphatic carbocycles. The van der Waals surface area contributed by atoms with Crippen LogP contribution in [-0.4, -0.2) is 68.9 Å². The fourth-order valence-electron chi connectivity index (χ4n) is 3.69. The van der Waals surface area contributed by atoms with Crippen molar-refractivity contribution in [2.75, 3.05) is 45.9 Å². The molecule has 0 spiro atoms. The summed E-state index contributed by atoms with van der Waals surface area (Å²) in [6.45, 7) is 12.8. The number of hydrogen-bond acceptors (Lipinski definition) is 4. The van der Waals surface area contributed by atoms with Gasteiger partial charge in [0.05, 0.1) is 25.8 Å². The van der Waals surface area contributed by atoms with Gasteiger partial charge in [-0.05, 0) is 24.5 Å². The summed E-state index contributed by atoms with van der Waals surface area (Å²) in [6, 6.07) is 8.26. The molecule has 1 saturated heterocycles. The van der Waals surface area contributed by atoms with Crippen LogP contribution in [0.3, 0.4) is 0 Å². The maximum atomic E-state index is 6.00. The van der Waals surface area contributed by atoms with E-state index in [4.69, 9.17) is 14.5 Å². The minimum Gasteiger partial charge on any atom is -0.488 e. The van der Waals surface area contributed by atoms with Gasteiger partial charge in [-0.1, -0.05) is 32.0 Å². The van der Waals surface area contributed by atoms with Crippen molar-refractivity contribution in [3.05, 3.63) is 29.8 Å². The lowest BCUT2D eigenvalue weighted by molar-refractivity contribution is -0.0261. The van der Waals surface area contributed by atoms with Gasteiger partial charge in [-0.15, -0.1) is 0 Å². The number of para-hydroxylation sites is 1. The van der Waals surface area contributed by atoms with Crippen molar-refractivity contribution in [3.8, 4) is 5.75 Å². The summed E-state index contributed by atoms with van der Waals surface area (Å²) in [7, 11) is 0. The number of rotatable bonds is 7. The third kappa shape index (κ3) is 6.11. The molecule has 2 aliphatic heterocycles. The number of ether oxygens (including phenoxy) is 2. The summed E-state index contributed by atoms with van der Waals surface area (Å²) < 4.78 is 11.9. The van der Waals surface area contributed by atoms with Crippen LogP contribution in [0.15, 0.2) is 29.3 Å². The van der Waals surface area contributed by atoms with Crippen LogP contribution in [0.2, 0.25) is 0 Å². The first-order valence-corrected chi connectivity index (χ1v) is 10.2. The van der Waals surface area contributed by atoms with Gasteiger partial charge in [0.25, 0.3) is 0 Å². The molecule has 3 rings (SSSR count). The minimum atomic E-state index is 0.152. The topological polar surface area (TPSA) is 58.1 Å². The first kappa shape index (κ1) is 20.0. The van der Waals surface area contributed by atoms with E-state index < -0.39 is 0 Å². The van der Waals surface area contributed by atoms with Gasteiger partial charge < -0.3 is 20.1 Å². The summed E-state index contributed by atoms with van der Waals surface area (Å²) in [6.07, 6.45) is 1.26. The second-order valence-electron chi connectivity index (χ2n) is 7.80. The highest BCUT2D eigenvalue weighted by Gasteiger charge is 2.23. The SMILES string of the molecule is CCNC(=NCC1CN(CC(C)C)CCO1)NCC1Cc2ccccc2O1. The van der Waals surface area contributed by atoms with Crippen LogP contribution in [0.5, 0.6) is 5.75 Å². The van der Waals surface area contributed by atoms with E-state index >= 15 is 0 Å². The van der Waals surface area contributed by atoms with E-state index in [0.29, 0.717) is 12.5 Å². The van der Waals surface area contributed by atoms with E-state index in [2.05, 4.69) is 48.4 Å².